The smallest absolute Gasteiger partial charge is 0.255 e. The number of nitrogens with one attached hydrogen (secondary N) is 2. The zero-order valence-electron chi connectivity index (χ0n) is 15.4. The standard InChI is InChI=1S/C20H27N3O3/c1-16(22-10-3-13-26-15-14-25-2)17-4-6-18(7-5-17)20(24)23-19-8-11-21-12-9-19/h4-9,11-12,16,22H,3,10,13-15H2,1-2H3,(H,21,23,24)/t16-/m1/s1. The molecule has 1 heterocycles. The third kappa shape index (κ3) is 6.92. The SMILES string of the molecule is COCCOCCCN[C@H](C)c1ccc(C(=O)Nc2ccncc2)cc1. The van der Waals surface area contributed by atoms with Crippen LogP contribution in [0.5, 0.6) is 0 Å². The van der Waals surface area contributed by atoms with Crippen molar-refractivity contribution in [3.8, 4) is 0 Å². The first-order valence-electron chi connectivity index (χ1n) is 8.82. The molecule has 1 aromatic heterocycles. The molecule has 0 aliphatic rings. The summed E-state index contributed by atoms with van der Waals surface area (Å²) in [5, 5.41) is 6.31. The van der Waals surface area contributed by atoms with Crippen LogP contribution >= 0.6 is 0 Å². The van der Waals surface area contributed by atoms with Gasteiger partial charge in [-0.15, -0.1) is 0 Å². The van der Waals surface area contributed by atoms with Crippen molar-refractivity contribution >= 4 is 11.6 Å². The molecule has 26 heavy (non-hydrogen) atoms. The third-order valence-electron chi connectivity index (χ3n) is 3.96. The van der Waals surface area contributed by atoms with Crippen molar-refractivity contribution in [2.75, 3.05) is 38.8 Å². The molecular weight excluding hydrogens is 330 g/mol. The van der Waals surface area contributed by atoms with Crippen LogP contribution < -0.4 is 10.6 Å². The molecule has 0 radical (unpaired) electrons. The first-order chi connectivity index (χ1) is 12.7. The molecule has 2 aromatic rings. The highest BCUT2D eigenvalue weighted by atomic mass is 16.5. The molecule has 6 nitrogen and oxygen atoms in total. The molecule has 0 aliphatic heterocycles. The second-order valence-corrected chi connectivity index (χ2v) is 5.95. The van der Waals surface area contributed by atoms with Gasteiger partial charge in [0.15, 0.2) is 0 Å². The summed E-state index contributed by atoms with van der Waals surface area (Å²) in [5.41, 5.74) is 2.51. The summed E-state index contributed by atoms with van der Waals surface area (Å²) in [5.74, 6) is -0.128. The van der Waals surface area contributed by atoms with E-state index in [1.807, 2.05) is 24.3 Å². The lowest BCUT2D eigenvalue weighted by Crippen LogP contribution is -2.21. The Bertz CT molecular complexity index is 647. The van der Waals surface area contributed by atoms with Gasteiger partial charge in [-0.3, -0.25) is 9.78 Å². The van der Waals surface area contributed by atoms with Crippen LogP contribution in [0.2, 0.25) is 0 Å². The number of rotatable bonds is 11. The second kappa shape index (κ2) is 11.4. The fraction of sp³-hybridized carbons (Fsp3) is 0.400. The highest BCUT2D eigenvalue weighted by Crippen LogP contribution is 2.14. The van der Waals surface area contributed by atoms with E-state index in [2.05, 4.69) is 22.5 Å². The van der Waals surface area contributed by atoms with Gasteiger partial charge in [0.2, 0.25) is 0 Å². The van der Waals surface area contributed by atoms with Crippen molar-refractivity contribution in [3.05, 3.63) is 59.9 Å². The summed E-state index contributed by atoms with van der Waals surface area (Å²) in [6.07, 6.45) is 4.24. The maximum absolute atomic E-state index is 12.2. The number of carbonyl (C=O) groups excluding carboxylic acids is 1. The number of pyridine rings is 1. The molecule has 6 heteroatoms. The summed E-state index contributed by atoms with van der Waals surface area (Å²) in [4.78, 5) is 16.2. The van der Waals surface area contributed by atoms with Crippen molar-refractivity contribution in [2.45, 2.75) is 19.4 Å². The average molecular weight is 357 g/mol. The van der Waals surface area contributed by atoms with Crippen molar-refractivity contribution < 1.29 is 14.3 Å². The van der Waals surface area contributed by atoms with Gasteiger partial charge >= 0.3 is 0 Å². The monoisotopic (exact) mass is 357 g/mol. The van der Waals surface area contributed by atoms with Crippen LogP contribution in [0, 0.1) is 0 Å². The Morgan fingerprint density at radius 3 is 2.50 bits per heavy atom. The number of benzene rings is 1. The number of anilines is 1. The number of aromatic nitrogens is 1. The second-order valence-electron chi connectivity index (χ2n) is 5.95. The first-order valence-corrected chi connectivity index (χ1v) is 8.82. The topological polar surface area (TPSA) is 72.5 Å². The van der Waals surface area contributed by atoms with Crippen molar-refractivity contribution in [1.82, 2.24) is 10.3 Å². The van der Waals surface area contributed by atoms with E-state index in [4.69, 9.17) is 9.47 Å². The van der Waals surface area contributed by atoms with Gasteiger partial charge in [0, 0.05) is 43.4 Å². The molecule has 0 aliphatic carbocycles. The molecule has 0 saturated carbocycles. The molecule has 0 bridgehead atoms. The van der Waals surface area contributed by atoms with Crippen LogP contribution in [0.3, 0.4) is 0 Å². The van der Waals surface area contributed by atoms with E-state index in [0.29, 0.717) is 18.8 Å². The lowest BCUT2D eigenvalue weighted by atomic mass is 10.1. The fourth-order valence-electron chi connectivity index (χ4n) is 2.42. The van der Waals surface area contributed by atoms with Crippen LogP contribution in [0.1, 0.15) is 35.3 Å². The molecule has 1 amide bonds. The van der Waals surface area contributed by atoms with Crippen molar-refractivity contribution in [3.63, 3.8) is 0 Å². The van der Waals surface area contributed by atoms with Gasteiger partial charge in [-0.1, -0.05) is 12.1 Å². The van der Waals surface area contributed by atoms with E-state index in [-0.39, 0.29) is 11.9 Å². The molecule has 1 aromatic carbocycles. The molecule has 2 N–H and O–H groups in total. The maximum Gasteiger partial charge on any atom is 0.255 e. The van der Waals surface area contributed by atoms with E-state index in [1.165, 1.54) is 0 Å². The Kier molecular flexibility index (Phi) is 8.75. The third-order valence-corrected chi connectivity index (χ3v) is 3.96. The maximum atomic E-state index is 12.2. The van der Waals surface area contributed by atoms with Crippen LogP contribution in [0.15, 0.2) is 48.8 Å². The number of methoxy groups -OCH3 is 1. The van der Waals surface area contributed by atoms with Crippen LogP contribution in [0.25, 0.3) is 0 Å². The fourth-order valence-corrected chi connectivity index (χ4v) is 2.42. The average Bonchev–Trinajstić information content (AvgIpc) is 2.68. The summed E-state index contributed by atoms with van der Waals surface area (Å²) in [6.45, 7) is 4.97. The lowest BCUT2D eigenvalue weighted by molar-refractivity contribution is 0.0693. The zero-order valence-corrected chi connectivity index (χ0v) is 15.4. The number of hydrogen-bond donors (Lipinski definition) is 2. The Morgan fingerprint density at radius 1 is 1.08 bits per heavy atom. The summed E-state index contributed by atoms with van der Waals surface area (Å²) in [7, 11) is 1.67. The highest BCUT2D eigenvalue weighted by molar-refractivity contribution is 6.04. The van der Waals surface area contributed by atoms with Crippen molar-refractivity contribution in [1.29, 1.82) is 0 Å². The minimum atomic E-state index is -0.128. The van der Waals surface area contributed by atoms with Gasteiger partial charge in [0.1, 0.15) is 0 Å². The van der Waals surface area contributed by atoms with E-state index >= 15 is 0 Å². The Morgan fingerprint density at radius 2 is 1.81 bits per heavy atom. The van der Waals surface area contributed by atoms with Crippen LogP contribution in [-0.2, 0) is 9.47 Å². The van der Waals surface area contributed by atoms with Gasteiger partial charge < -0.3 is 20.1 Å². The van der Waals surface area contributed by atoms with Gasteiger partial charge in [-0.2, -0.15) is 0 Å². The minimum absolute atomic E-state index is 0.128. The van der Waals surface area contributed by atoms with Gasteiger partial charge in [0.05, 0.1) is 13.2 Å². The minimum Gasteiger partial charge on any atom is -0.382 e. The predicted molar refractivity (Wildman–Crippen MR) is 102 cm³/mol. The van der Waals surface area contributed by atoms with E-state index in [1.54, 1.807) is 31.6 Å². The van der Waals surface area contributed by atoms with Gasteiger partial charge in [0.25, 0.3) is 5.91 Å². The van der Waals surface area contributed by atoms with Gasteiger partial charge in [-0.25, -0.2) is 0 Å². The van der Waals surface area contributed by atoms with E-state index < -0.39 is 0 Å². The first kappa shape index (κ1) is 20.0. The number of amides is 1. The largest absolute Gasteiger partial charge is 0.382 e. The van der Waals surface area contributed by atoms with E-state index in [9.17, 15) is 4.79 Å². The normalized spacial score (nSPS) is 11.9. The molecule has 0 spiro atoms. The quantitative estimate of drug-likeness (QED) is 0.605. The summed E-state index contributed by atoms with van der Waals surface area (Å²) < 4.78 is 10.4. The molecule has 0 fully saturated rings. The van der Waals surface area contributed by atoms with Crippen LogP contribution in [-0.4, -0.2) is 44.4 Å². The molecule has 0 saturated heterocycles. The number of carbonyl (C=O) groups is 1. The molecule has 1 atom stereocenters. The predicted octanol–water partition coefficient (Wildman–Crippen LogP) is 3.04. The Labute approximate surface area is 154 Å². The van der Waals surface area contributed by atoms with Crippen molar-refractivity contribution in [2.24, 2.45) is 0 Å². The molecular formula is C20H27N3O3. The Hall–Kier alpha value is -2.28. The van der Waals surface area contributed by atoms with Crippen LogP contribution in [0.4, 0.5) is 5.69 Å². The zero-order chi connectivity index (χ0) is 18.6. The number of hydrogen-bond acceptors (Lipinski definition) is 5. The molecule has 0 unspecified atom stereocenters. The van der Waals surface area contributed by atoms with Gasteiger partial charge in [-0.05, 0) is 49.7 Å². The Balaban J connectivity index is 1.74. The van der Waals surface area contributed by atoms with E-state index in [0.717, 1.165) is 30.8 Å². The summed E-state index contributed by atoms with van der Waals surface area (Å²) >= 11 is 0. The lowest BCUT2D eigenvalue weighted by Gasteiger charge is -2.15. The number of ether oxygens (including phenoxy) is 2. The highest BCUT2D eigenvalue weighted by Gasteiger charge is 2.08. The summed E-state index contributed by atoms with van der Waals surface area (Å²) in [6, 6.07) is 11.4. The number of nitrogens with zero attached hydrogens (tertiary/aromatic N) is 1. The molecule has 2 rings (SSSR count). The molecule has 140 valence electrons.